The van der Waals surface area contributed by atoms with Crippen molar-refractivity contribution >= 4 is 0 Å². The second-order valence-corrected chi connectivity index (χ2v) is 21.1. The predicted octanol–water partition coefficient (Wildman–Crippen LogP) is 0.582. The van der Waals surface area contributed by atoms with E-state index in [-0.39, 0.29) is 58.0 Å². The van der Waals surface area contributed by atoms with Crippen molar-refractivity contribution in [3.05, 3.63) is 0 Å². The third kappa shape index (κ3) is 5.63. The van der Waals surface area contributed by atoms with E-state index < -0.39 is 90.7 Å². The Hall–Kier alpha value is -0.560. The zero-order valence-corrected chi connectivity index (χ0v) is 33.6. The monoisotopic (exact) mass is 784 g/mol. The topological polar surface area (TPSA) is 228 Å². The van der Waals surface area contributed by atoms with E-state index in [0.717, 1.165) is 32.1 Å². The van der Waals surface area contributed by atoms with Crippen molar-refractivity contribution in [2.45, 2.75) is 185 Å². The Morgan fingerprint density at radius 2 is 1.38 bits per heavy atom. The van der Waals surface area contributed by atoms with Crippen molar-refractivity contribution in [1.82, 2.24) is 0 Å². The molecule has 21 atom stereocenters. The average molecular weight is 785 g/mol. The van der Waals surface area contributed by atoms with Crippen LogP contribution >= 0.6 is 0 Å². The van der Waals surface area contributed by atoms with Crippen LogP contribution in [-0.4, -0.2) is 151 Å². The normalized spacial score (nSPS) is 58.7. The first-order valence-electron chi connectivity index (χ1n) is 20.8. The van der Waals surface area contributed by atoms with Crippen LogP contribution < -0.4 is 0 Å². The van der Waals surface area contributed by atoms with Crippen LogP contribution in [0.4, 0.5) is 0 Å². The molecule has 3 aliphatic heterocycles. The lowest BCUT2D eigenvalue weighted by molar-refractivity contribution is -0.328. The van der Waals surface area contributed by atoms with Gasteiger partial charge in [-0.3, -0.25) is 0 Å². The highest BCUT2D eigenvalue weighted by molar-refractivity contribution is 5.33. The van der Waals surface area contributed by atoms with Gasteiger partial charge in [0.25, 0.3) is 0 Å². The smallest absolute Gasteiger partial charge is 0.187 e. The van der Waals surface area contributed by atoms with Crippen LogP contribution in [0, 0.1) is 50.7 Å². The molecule has 9 N–H and O–H groups in total. The largest absolute Gasteiger partial charge is 0.394 e. The first-order chi connectivity index (χ1) is 25.5. The first-order valence-corrected chi connectivity index (χ1v) is 20.8. The molecule has 5 aliphatic carbocycles. The molecule has 8 fully saturated rings. The molecule has 0 aromatic rings. The van der Waals surface area contributed by atoms with Gasteiger partial charge in [0.1, 0.15) is 42.7 Å². The fraction of sp³-hybridized carbons (Fsp3) is 1.00. The van der Waals surface area contributed by atoms with Crippen LogP contribution in [0.25, 0.3) is 0 Å². The third-order valence-corrected chi connectivity index (χ3v) is 17.9. The summed E-state index contributed by atoms with van der Waals surface area (Å²) in [6.07, 6.45) is -7.00. The lowest BCUT2D eigenvalue weighted by atomic mass is 9.41. The Bertz CT molecular complexity index is 1460. The summed E-state index contributed by atoms with van der Waals surface area (Å²) in [5.41, 5.74) is -2.65. The minimum atomic E-state index is -1.54. The highest BCUT2D eigenvalue weighted by Gasteiger charge is 2.85. The summed E-state index contributed by atoms with van der Waals surface area (Å²) in [4.78, 5) is 0. The molecule has 0 aromatic heterocycles. The summed E-state index contributed by atoms with van der Waals surface area (Å²) in [6, 6.07) is 0. The fourth-order valence-corrected chi connectivity index (χ4v) is 15.0. The molecule has 316 valence electrons. The van der Waals surface area contributed by atoms with Crippen molar-refractivity contribution < 1.29 is 69.6 Å². The van der Waals surface area contributed by atoms with Crippen molar-refractivity contribution in [1.29, 1.82) is 0 Å². The van der Waals surface area contributed by atoms with Crippen molar-refractivity contribution in [2.24, 2.45) is 50.7 Å². The molecule has 14 nitrogen and oxygen atoms in total. The minimum Gasteiger partial charge on any atom is -0.394 e. The van der Waals surface area contributed by atoms with Crippen LogP contribution in [0.5, 0.6) is 0 Å². The number of hydrogen-bond donors (Lipinski definition) is 9. The van der Waals surface area contributed by atoms with Gasteiger partial charge in [-0.25, -0.2) is 0 Å². The third-order valence-electron chi connectivity index (χ3n) is 17.9. The summed E-state index contributed by atoms with van der Waals surface area (Å²) in [5, 5.41) is 96.5. The zero-order chi connectivity index (χ0) is 40.1. The maximum Gasteiger partial charge on any atom is 0.187 e. The molecule has 3 heterocycles. The van der Waals surface area contributed by atoms with Crippen LogP contribution in [0.2, 0.25) is 0 Å². The van der Waals surface area contributed by atoms with E-state index in [1.807, 2.05) is 13.8 Å². The van der Waals surface area contributed by atoms with Gasteiger partial charge in [-0.15, -0.1) is 0 Å². The van der Waals surface area contributed by atoms with Gasteiger partial charge >= 0.3 is 0 Å². The van der Waals surface area contributed by atoms with E-state index in [9.17, 15) is 46.0 Å². The highest BCUT2D eigenvalue weighted by Crippen LogP contribution is 2.89. The number of ether oxygens (including phenoxy) is 5. The standard InChI is InChI=1S/C41H68O14/c1-35(2)25(54-33-29(49)26(46)22(45)17-51-33)8-9-41-18-40(41)11-10-37(5)32(21(44)14-38(37,6)24(40)12-20(43)31(35)41)39(7)13-19(16-52-39)36(3,4)55-34-30(50)28(48)27(47)23(15-42)53-34/h19-34,42-50H,8-18H2,1-7H3. The highest BCUT2D eigenvalue weighted by atomic mass is 16.7. The molecular formula is C41H68O14. The van der Waals surface area contributed by atoms with Gasteiger partial charge in [-0.2, -0.15) is 0 Å². The van der Waals surface area contributed by atoms with Crippen LogP contribution in [0.3, 0.4) is 0 Å². The quantitative estimate of drug-likeness (QED) is 0.161. The van der Waals surface area contributed by atoms with Crippen LogP contribution in [-0.2, 0) is 23.7 Å². The van der Waals surface area contributed by atoms with Crippen LogP contribution in [0.1, 0.15) is 99.8 Å². The van der Waals surface area contributed by atoms with Gasteiger partial charge in [0.05, 0.1) is 49.3 Å². The number of fused-ring (bicyclic) bond motifs is 2. The molecule has 0 radical (unpaired) electrons. The maximum absolute atomic E-state index is 12.3. The maximum atomic E-state index is 12.3. The molecule has 0 amide bonds. The number of hydrogen-bond acceptors (Lipinski definition) is 14. The van der Waals surface area contributed by atoms with Gasteiger partial charge in [-0.05, 0) is 111 Å². The molecule has 2 spiro atoms. The molecule has 55 heavy (non-hydrogen) atoms. The second kappa shape index (κ2) is 13.2. The summed E-state index contributed by atoms with van der Waals surface area (Å²) >= 11 is 0. The van der Waals surface area contributed by atoms with Crippen LogP contribution in [0.15, 0.2) is 0 Å². The molecule has 0 aromatic carbocycles. The number of aliphatic hydroxyl groups is 9. The van der Waals surface area contributed by atoms with E-state index in [4.69, 9.17) is 23.7 Å². The van der Waals surface area contributed by atoms with Crippen molar-refractivity contribution in [3.63, 3.8) is 0 Å². The molecule has 8 aliphatic rings. The molecule has 21 unspecified atom stereocenters. The second-order valence-electron chi connectivity index (χ2n) is 21.1. The number of rotatable bonds is 7. The molecule has 3 saturated heterocycles. The van der Waals surface area contributed by atoms with Gasteiger partial charge in [0, 0.05) is 11.8 Å². The van der Waals surface area contributed by atoms with Gasteiger partial charge in [0.2, 0.25) is 0 Å². The first kappa shape index (κ1) is 41.2. The zero-order valence-electron chi connectivity index (χ0n) is 33.6. The lowest BCUT2D eigenvalue weighted by Gasteiger charge is -2.64. The van der Waals surface area contributed by atoms with E-state index in [1.165, 1.54) is 0 Å². The fourth-order valence-electron chi connectivity index (χ4n) is 15.0. The summed E-state index contributed by atoms with van der Waals surface area (Å²) in [7, 11) is 0. The molecule has 5 saturated carbocycles. The SMILES string of the molecule is CC(C)(OC1OC(CO)C(O)C(O)C1O)C1COC(C)(C2C(O)CC3(C)C4CC(O)C5C(C)(C)C(OC6OCC(O)C(O)C6O)CCC56CC46CCC23C)C1. The van der Waals surface area contributed by atoms with Gasteiger partial charge in [-0.1, -0.05) is 27.7 Å². The average Bonchev–Trinajstić information content (AvgIpc) is 3.47. The van der Waals surface area contributed by atoms with E-state index in [2.05, 4.69) is 34.6 Å². The van der Waals surface area contributed by atoms with Crippen molar-refractivity contribution in [2.75, 3.05) is 19.8 Å². The Morgan fingerprint density at radius 1 is 0.691 bits per heavy atom. The molecule has 8 rings (SSSR count). The Labute approximate surface area is 324 Å². The summed E-state index contributed by atoms with van der Waals surface area (Å²) in [5.74, 6) is -0.177. The Balaban J connectivity index is 0.998. The number of aliphatic hydroxyl groups excluding tert-OH is 9. The molecule has 14 heteroatoms. The summed E-state index contributed by atoms with van der Waals surface area (Å²) in [6.45, 7) is 14.6. The Morgan fingerprint density at radius 3 is 2.07 bits per heavy atom. The predicted molar refractivity (Wildman–Crippen MR) is 194 cm³/mol. The minimum absolute atomic E-state index is 0.0321. The van der Waals surface area contributed by atoms with Crippen molar-refractivity contribution in [3.8, 4) is 0 Å². The van der Waals surface area contributed by atoms with Gasteiger partial charge < -0.3 is 69.6 Å². The molecule has 0 bridgehead atoms. The van der Waals surface area contributed by atoms with E-state index in [1.54, 1.807) is 0 Å². The summed E-state index contributed by atoms with van der Waals surface area (Å²) < 4.78 is 30.8. The van der Waals surface area contributed by atoms with E-state index in [0.29, 0.717) is 25.9 Å². The Kier molecular flexibility index (Phi) is 9.90. The van der Waals surface area contributed by atoms with Gasteiger partial charge in [0.15, 0.2) is 12.6 Å². The molecular weight excluding hydrogens is 716 g/mol. The van der Waals surface area contributed by atoms with E-state index >= 15 is 0 Å². The lowest BCUT2D eigenvalue weighted by Crippen LogP contribution is -2.63.